The number of rotatable bonds is 10. The van der Waals surface area contributed by atoms with Crippen LogP contribution in [0.25, 0.3) is 5.69 Å². The maximum Gasteiger partial charge on any atom is 0.320 e. The molecule has 5 rings (SSSR count). The van der Waals surface area contributed by atoms with E-state index in [1.807, 2.05) is 51.1 Å². The van der Waals surface area contributed by atoms with Crippen LogP contribution in [0.1, 0.15) is 61.3 Å². The molecule has 2 aliphatic rings. The molecule has 1 saturated carbocycles. The normalized spacial score (nSPS) is 18.5. The highest BCUT2D eigenvalue weighted by molar-refractivity contribution is 5.89. The number of hydrogen-bond donors (Lipinski definition) is 2. The standard InChI is InChI=1S/C30H38N4O5/c1-20-27(32-29(35)31-16-23-15-21(17-36-4)13-14-26(23)22-9-8-10-22)34(24-11-6-5-7-12-24)33-28(20)37-18-25-19-38-30(2,3)39-25/h5-7,11-15,22,25H,8-10,16-19H2,1-4H3,(H2,31,32,35). The molecule has 1 aliphatic heterocycles. The zero-order chi connectivity index (χ0) is 27.4. The first kappa shape index (κ1) is 27.2. The topological polar surface area (TPSA) is 95.9 Å². The maximum absolute atomic E-state index is 13.2. The number of carbonyl (C=O) groups excluding carboxylic acids is 1. The molecule has 2 heterocycles. The first-order valence-electron chi connectivity index (χ1n) is 13.6. The van der Waals surface area contributed by atoms with Crippen molar-refractivity contribution in [3.05, 3.63) is 70.8 Å². The van der Waals surface area contributed by atoms with Crippen LogP contribution >= 0.6 is 0 Å². The van der Waals surface area contributed by atoms with Crippen molar-refractivity contribution in [3.63, 3.8) is 0 Å². The Hall–Kier alpha value is -3.40. The number of nitrogens with one attached hydrogen (secondary N) is 2. The minimum Gasteiger partial charge on any atom is -0.473 e. The van der Waals surface area contributed by atoms with E-state index >= 15 is 0 Å². The lowest BCUT2D eigenvalue weighted by atomic mass is 9.78. The van der Waals surface area contributed by atoms with Gasteiger partial charge in [0.25, 0.3) is 0 Å². The number of benzene rings is 2. The van der Waals surface area contributed by atoms with Gasteiger partial charge in [-0.3, -0.25) is 5.32 Å². The summed E-state index contributed by atoms with van der Waals surface area (Å²) in [5, 5.41) is 10.7. The third kappa shape index (κ3) is 6.43. The third-order valence-corrected chi connectivity index (χ3v) is 7.29. The molecule has 1 saturated heterocycles. The van der Waals surface area contributed by atoms with Gasteiger partial charge in [0.05, 0.1) is 24.5 Å². The van der Waals surface area contributed by atoms with E-state index in [4.69, 9.17) is 18.9 Å². The van der Waals surface area contributed by atoms with Crippen molar-refractivity contribution >= 4 is 11.8 Å². The van der Waals surface area contributed by atoms with Crippen molar-refractivity contribution in [1.82, 2.24) is 15.1 Å². The van der Waals surface area contributed by atoms with Crippen molar-refractivity contribution in [2.75, 3.05) is 25.6 Å². The molecule has 0 spiro atoms. The summed E-state index contributed by atoms with van der Waals surface area (Å²) in [5.74, 6) is 0.911. The number of carbonyl (C=O) groups is 1. The highest BCUT2D eigenvalue weighted by Crippen LogP contribution is 2.38. The summed E-state index contributed by atoms with van der Waals surface area (Å²) in [6.07, 6.45) is 3.44. The molecule has 1 unspecified atom stereocenters. The largest absolute Gasteiger partial charge is 0.473 e. The van der Waals surface area contributed by atoms with Gasteiger partial charge in [-0.1, -0.05) is 42.8 Å². The molecular formula is C30H38N4O5. The summed E-state index contributed by atoms with van der Waals surface area (Å²) in [7, 11) is 1.69. The molecule has 39 heavy (non-hydrogen) atoms. The average Bonchev–Trinajstić information content (AvgIpc) is 3.40. The van der Waals surface area contributed by atoms with Gasteiger partial charge in [-0.25, -0.2) is 9.48 Å². The first-order valence-corrected chi connectivity index (χ1v) is 13.6. The van der Waals surface area contributed by atoms with Gasteiger partial charge in [0, 0.05) is 13.7 Å². The Morgan fingerprint density at radius 2 is 1.97 bits per heavy atom. The average molecular weight is 535 g/mol. The quantitative estimate of drug-likeness (QED) is 0.359. The lowest BCUT2D eigenvalue weighted by molar-refractivity contribution is -0.141. The van der Waals surface area contributed by atoms with Crippen molar-refractivity contribution in [2.45, 2.75) is 71.0 Å². The Morgan fingerprint density at radius 1 is 1.18 bits per heavy atom. The van der Waals surface area contributed by atoms with Crippen LogP contribution in [0.4, 0.5) is 10.6 Å². The molecule has 1 aromatic heterocycles. The second-order valence-electron chi connectivity index (χ2n) is 10.7. The number of methoxy groups -OCH3 is 1. The molecule has 208 valence electrons. The van der Waals surface area contributed by atoms with Gasteiger partial charge in [0.2, 0.25) is 5.88 Å². The van der Waals surface area contributed by atoms with Crippen LogP contribution in [0, 0.1) is 6.92 Å². The van der Waals surface area contributed by atoms with Gasteiger partial charge in [-0.05, 0) is 68.4 Å². The molecule has 9 heteroatoms. The highest BCUT2D eigenvalue weighted by Gasteiger charge is 2.33. The van der Waals surface area contributed by atoms with Gasteiger partial charge in [0.15, 0.2) is 5.79 Å². The molecule has 9 nitrogen and oxygen atoms in total. The van der Waals surface area contributed by atoms with Crippen LogP contribution in [0.3, 0.4) is 0 Å². The number of aromatic nitrogens is 2. The van der Waals surface area contributed by atoms with Crippen LogP contribution in [0.5, 0.6) is 5.88 Å². The fourth-order valence-electron chi connectivity index (χ4n) is 5.05. The molecule has 0 bridgehead atoms. The second-order valence-corrected chi connectivity index (χ2v) is 10.7. The Bertz CT molecular complexity index is 1290. The third-order valence-electron chi connectivity index (χ3n) is 7.29. The maximum atomic E-state index is 13.2. The van der Waals surface area contributed by atoms with Gasteiger partial charge in [-0.2, -0.15) is 0 Å². The Balaban J connectivity index is 1.31. The van der Waals surface area contributed by atoms with Crippen molar-refractivity contribution < 1.29 is 23.7 Å². The zero-order valence-electron chi connectivity index (χ0n) is 23.2. The Kier molecular flexibility index (Phi) is 8.20. The number of hydrogen-bond acceptors (Lipinski definition) is 6. The molecule has 1 aliphatic carbocycles. The van der Waals surface area contributed by atoms with Crippen LogP contribution in [-0.4, -0.2) is 48.0 Å². The van der Waals surface area contributed by atoms with Crippen LogP contribution in [-0.2, 0) is 27.4 Å². The van der Waals surface area contributed by atoms with Crippen molar-refractivity contribution in [2.24, 2.45) is 0 Å². The summed E-state index contributed by atoms with van der Waals surface area (Å²) < 4.78 is 24.6. The zero-order valence-corrected chi connectivity index (χ0v) is 23.2. The molecule has 2 aromatic carbocycles. The molecule has 3 aromatic rings. The Labute approximate surface area is 229 Å². The predicted octanol–water partition coefficient (Wildman–Crippen LogP) is 5.45. The Morgan fingerprint density at radius 3 is 2.64 bits per heavy atom. The fourth-order valence-corrected chi connectivity index (χ4v) is 5.05. The lowest BCUT2D eigenvalue weighted by Gasteiger charge is -2.28. The fraction of sp³-hybridized carbons (Fsp3) is 0.467. The number of anilines is 1. The number of para-hydroxylation sites is 1. The molecule has 1 atom stereocenters. The summed E-state index contributed by atoms with van der Waals surface area (Å²) in [5.41, 5.74) is 5.07. The van der Waals surface area contributed by atoms with Crippen LogP contribution < -0.4 is 15.4 Å². The number of ether oxygens (including phenoxy) is 4. The van der Waals surface area contributed by atoms with Crippen molar-refractivity contribution in [3.8, 4) is 11.6 Å². The van der Waals surface area contributed by atoms with E-state index in [-0.39, 0.29) is 12.1 Å². The number of urea groups is 1. The van der Waals surface area contributed by atoms with E-state index in [2.05, 4.69) is 33.9 Å². The van der Waals surface area contributed by atoms with Crippen LogP contribution in [0.2, 0.25) is 0 Å². The van der Waals surface area contributed by atoms with E-state index in [1.165, 1.54) is 24.8 Å². The summed E-state index contributed by atoms with van der Waals surface area (Å²) in [6.45, 7) is 7.36. The summed E-state index contributed by atoms with van der Waals surface area (Å²) in [6, 6.07) is 15.8. The van der Waals surface area contributed by atoms with Crippen molar-refractivity contribution in [1.29, 1.82) is 0 Å². The molecular weight excluding hydrogens is 496 g/mol. The van der Waals surface area contributed by atoms with Crippen LogP contribution in [0.15, 0.2) is 48.5 Å². The summed E-state index contributed by atoms with van der Waals surface area (Å²) in [4.78, 5) is 13.2. The monoisotopic (exact) mass is 534 g/mol. The van der Waals surface area contributed by atoms with E-state index in [0.29, 0.717) is 44.0 Å². The molecule has 2 amide bonds. The molecule has 0 radical (unpaired) electrons. The highest BCUT2D eigenvalue weighted by atomic mass is 16.7. The first-order chi connectivity index (χ1) is 18.8. The molecule has 2 N–H and O–H groups in total. The summed E-state index contributed by atoms with van der Waals surface area (Å²) >= 11 is 0. The smallest absolute Gasteiger partial charge is 0.320 e. The van der Waals surface area contributed by atoms with Gasteiger partial charge in [-0.15, -0.1) is 5.10 Å². The number of nitrogens with zero attached hydrogens (tertiary/aromatic N) is 2. The van der Waals surface area contributed by atoms with Gasteiger partial charge < -0.3 is 24.3 Å². The van der Waals surface area contributed by atoms with E-state index in [1.54, 1.807) is 11.8 Å². The minimum absolute atomic E-state index is 0.195. The van der Waals surface area contributed by atoms with E-state index in [9.17, 15) is 4.79 Å². The molecule has 2 fully saturated rings. The SMILES string of the molecule is COCc1ccc(C2CCC2)c(CNC(=O)Nc2c(C)c(OCC3COC(C)(C)O3)nn2-c2ccccc2)c1. The van der Waals surface area contributed by atoms with E-state index < -0.39 is 5.79 Å². The predicted molar refractivity (Wildman–Crippen MR) is 148 cm³/mol. The van der Waals surface area contributed by atoms with Gasteiger partial charge in [0.1, 0.15) is 18.5 Å². The number of amides is 2. The second kappa shape index (κ2) is 11.8. The minimum atomic E-state index is -0.626. The lowest BCUT2D eigenvalue weighted by Crippen LogP contribution is -2.30. The van der Waals surface area contributed by atoms with Gasteiger partial charge >= 0.3 is 6.03 Å². The van der Waals surface area contributed by atoms with E-state index in [0.717, 1.165) is 22.4 Å².